The van der Waals surface area contributed by atoms with E-state index in [-0.39, 0.29) is 5.91 Å². The molecule has 2 aromatic heterocycles. The summed E-state index contributed by atoms with van der Waals surface area (Å²) < 4.78 is 11.5. The van der Waals surface area contributed by atoms with Gasteiger partial charge in [-0.15, -0.1) is 0 Å². The zero-order valence-electron chi connectivity index (χ0n) is 16.7. The van der Waals surface area contributed by atoms with Crippen LogP contribution in [0.3, 0.4) is 0 Å². The third kappa shape index (κ3) is 3.72. The van der Waals surface area contributed by atoms with Crippen molar-refractivity contribution in [3.63, 3.8) is 0 Å². The molecule has 0 aliphatic rings. The lowest BCUT2D eigenvalue weighted by Gasteiger charge is -2.05. The third-order valence-corrected chi connectivity index (χ3v) is 6.21. The van der Waals surface area contributed by atoms with Gasteiger partial charge in [-0.05, 0) is 35.9 Å². The summed E-state index contributed by atoms with van der Waals surface area (Å²) >= 11 is 7.47. The Labute approximate surface area is 191 Å². The number of hydrogen-bond acceptors (Lipinski definition) is 6. The number of fused-ring (bicyclic) bond motifs is 2. The molecule has 0 aliphatic heterocycles. The molecule has 0 unspecified atom stereocenters. The quantitative estimate of drug-likeness (QED) is 0.332. The number of ether oxygens (including phenoxy) is 1. The summed E-state index contributed by atoms with van der Waals surface area (Å²) in [6.07, 6.45) is 0. The Hall–Kier alpha value is -3.68. The van der Waals surface area contributed by atoms with Gasteiger partial charge in [-0.1, -0.05) is 53.3 Å². The summed E-state index contributed by atoms with van der Waals surface area (Å²) in [6, 6.07) is 19.4. The van der Waals surface area contributed by atoms with Gasteiger partial charge < -0.3 is 9.15 Å². The van der Waals surface area contributed by atoms with E-state index >= 15 is 0 Å². The molecule has 0 fully saturated rings. The van der Waals surface area contributed by atoms with Crippen LogP contribution in [0.15, 0.2) is 75.9 Å². The molecule has 5 aromatic rings. The number of rotatable bonds is 4. The number of halogens is 1. The van der Waals surface area contributed by atoms with Crippen LogP contribution in [0.4, 0.5) is 5.13 Å². The van der Waals surface area contributed by atoms with Crippen LogP contribution in [-0.2, 0) is 0 Å². The summed E-state index contributed by atoms with van der Waals surface area (Å²) in [4.78, 5) is 29.5. The van der Waals surface area contributed by atoms with Gasteiger partial charge in [0, 0.05) is 17.0 Å². The minimum Gasteiger partial charge on any atom is -0.495 e. The van der Waals surface area contributed by atoms with E-state index < -0.39 is 5.63 Å². The maximum atomic E-state index is 12.7. The summed E-state index contributed by atoms with van der Waals surface area (Å²) in [5.41, 5.74) is 2.33. The predicted molar refractivity (Wildman–Crippen MR) is 127 cm³/mol. The van der Waals surface area contributed by atoms with Gasteiger partial charge in [-0.3, -0.25) is 10.1 Å². The van der Waals surface area contributed by atoms with Crippen molar-refractivity contribution in [1.82, 2.24) is 4.98 Å². The van der Waals surface area contributed by atoms with Crippen LogP contribution in [0.25, 0.3) is 32.3 Å². The number of carbonyl (C=O) groups excluding carboxylic acids is 1. The molecule has 0 saturated heterocycles. The zero-order valence-corrected chi connectivity index (χ0v) is 18.3. The minimum atomic E-state index is -0.426. The molecule has 0 saturated carbocycles. The molecule has 0 spiro atoms. The minimum absolute atomic E-state index is 0.306. The van der Waals surface area contributed by atoms with Crippen molar-refractivity contribution >= 4 is 55.2 Å². The molecule has 1 N–H and O–H groups in total. The van der Waals surface area contributed by atoms with Crippen molar-refractivity contribution in [2.75, 3.05) is 12.4 Å². The molecule has 32 heavy (non-hydrogen) atoms. The molecule has 5 rings (SSSR count). The Balaban J connectivity index is 1.39. The normalized spacial score (nSPS) is 11.1. The highest BCUT2D eigenvalue weighted by Gasteiger charge is 2.13. The van der Waals surface area contributed by atoms with Crippen molar-refractivity contribution in [3.8, 4) is 16.9 Å². The summed E-state index contributed by atoms with van der Waals surface area (Å²) in [5.74, 6) is 0.244. The topological polar surface area (TPSA) is 81.4 Å². The molecule has 1 amide bonds. The average Bonchev–Trinajstić information content (AvgIpc) is 3.18. The molecule has 0 radical (unpaired) electrons. The Morgan fingerprint density at radius 3 is 2.66 bits per heavy atom. The third-order valence-electron chi connectivity index (χ3n) is 4.98. The van der Waals surface area contributed by atoms with E-state index in [0.29, 0.717) is 43.7 Å². The first kappa shape index (κ1) is 20.2. The summed E-state index contributed by atoms with van der Waals surface area (Å²) in [5, 5.41) is 4.54. The van der Waals surface area contributed by atoms with Gasteiger partial charge in [0.2, 0.25) is 0 Å². The number of amides is 1. The average molecular weight is 463 g/mol. The monoisotopic (exact) mass is 462 g/mol. The molecule has 2 heterocycles. The van der Waals surface area contributed by atoms with Crippen LogP contribution in [0.5, 0.6) is 5.75 Å². The van der Waals surface area contributed by atoms with E-state index in [1.165, 1.54) is 11.3 Å². The Morgan fingerprint density at radius 2 is 1.88 bits per heavy atom. The number of para-hydroxylation sites is 1. The lowest BCUT2D eigenvalue weighted by Crippen LogP contribution is -2.11. The van der Waals surface area contributed by atoms with Gasteiger partial charge in [0.05, 0.1) is 27.9 Å². The van der Waals surface area contributed by atoms with E-state index in [0.717, 1.165) is 10.1 Å². The van der Waals surface area contributed by atoms with E-state index in [1.807, 2.05) is 18.2 Å². The van der Waals surface area contributed by atoms with Gasteiger partial charge in [0.15, 0.2) is 5.13 Å². The number of thiazole rings is 1. The van der Waals surface area contributed by atoms with Gasteiger partial charge in [-0.2, -0.15) is 0 Å². The fraction of sp³-hybridized carbons (Fsp3) is 0.0417. The van der Waals surface area contributed by atoms with Gasteiger partial charge >= 0.3 is 5.63 Å². The van der Waals surface area contributed by atoms with Crippen LogP contribution < -0.4 is 15.7 Å². The van der Waals surface area contributed by atoms with Crippen molar-refractivity contribution < 1.29 is 13.9 Å². The second-order valence-electron chi connectivity index (χ2n) is 6.99. The van der Waals surface area contributed by atoms with Crippen molar-refractivity contribution in [2.24, 2.45) is 0 Å². The van der Waals surface area contributed by atoms with Gasteiger partial charge in [-0.25, -0.2) is 9.78 Å². The lowest BCUT2D eigenvalue weighted by atomic mass is 10.0. The number of carbonyl (C=O) groups is 1. The number of benzene rings is 3. The number of nitrogens with zero attached hydrogens (tertiary/aromatic N) is 1. The smallest absolute Gasteiger partial charge is 0.344 e. The molecule has 158 valence electrons. The second-order valence-corrected chi connectivity index (χ2v) is 8.43. The number of methoxy groups -OCH3 is 1. The van der Waals surface area contributed by atoms with E-state index in [9.17, 15) is 9.59 Å². The Bertz CT molecular complexity index is 1540. The second kappa shape index (κ2) is 8.11. The molecule has 0 bridgehead atoms. The highest BCUT2D eigenvalue weighted by atomic mass is 35.5. The molecule has 8 heteroatoms. The number of aromatic nitrogens is 1. The van der Waals surface area contributed by atoms with Gasteiger partial charge in [0.1, 0.15) is 11.3 Å². The van der Waals surface area contributed by atoms with Crippen LogP contribution in [0.1, 0.15) is 10.4 Å². The van der Waals surface area contributed by atoms with Crippen LogP contribution in [-0.4, -0.2) is 18.0 Å². The molecule has 6 nitrogen and oxygen atoms in total. The first-order valence-electron chi connectivity index (χ1n) is 9.60. The maximum absolute atomic E-state index is 12.7. The molecule has 3 aromatic carbocycles. The Morgan fingerprint density at radius 1 is 1.09 bits per heavy atom. The number of hydrogen-bond donors (Lipinski definition) is 1. The number of nitrogens with one attached hydrogen (secondary N) is 1. The summed E-state index contributed by atoms with van der Waals surface area (Å²) in [7, 11) is 1.54. The molecular weight excluding hydrogens is 448 g/mol. The van der Waals surface area contributed by atoms with Crippen molar-refractivity contribution in [2.45, 2.75) is 0 Å². The molecule has 0 atom stereocenters. The standard InChI is InChI=1S/C24H15ClN2O4S/c1-30-20-12-21-18(11-17(20)25)26-24(32-21)27-22(28)14-8-6-13(7-9-14)16-10-15-4-2-3-5-19(15)31-23(16)29/h2-12H,1H3,(H,26,27,28). The number of anilines is 1. The highest BCUT2D eigenvalue weighted by molar-refractivity contribution is 7.22. The van der Waals surface area contributed by atoms with Crippen molar-refractivity contribution in [1.29, 1.82) is 0 Å². The maximum Gasteiger partial charge on any atom is 0.344 e. The van der Waals surface area contributed by atoms with Gasteiger partial charge in [0.25, 0.3) is 5.91 Å². The zero-order chi connectivity index (χ0) is 22.2. The first-order valence-corrected chi connectivity index (χ1v) is 10.8. The highest BCUT2D eigenvalue weighted by Crippen LogP contribution is 2.34. The van der Waals surface area contributed by atoms with E-state index in [4.69, 9.17) is 20.8 Å². The van der Waals surface area contributed by atoms with E-state index in [1.54, 1.807) is 55.6 Å². The molecule has 0 aliphatic carbocycles. The molecular formula is C24H15ClN2O4S. The SMILES string of the molecule is COc1cc2sc(NC(=O)c3ccc(-c4cc5ccccc5oc4=O)cc3)nc2cc1Cl. The van der Waals surface area contributed by atoms with Crippen LogP contribution in [0, 0.1) is 0 Å². The van der Waals surface area contributed by atoms with Crippen molar-refractivity contribution in [3.05, 3.63) is 87.7 Å². The largest absolute Gasteiger partial charge is 0.495 e. The lowest BCUT2D eigenvalue weighted by molar-refractivity contribution is 0.102. The van der Waals surface area contributed by atoms with Crippen LogP contribution >= 0.6 is 22.9 Å². The summed E-state index contributed by atoms with van der Waals surface area (Å²) in [6.45, 7) is 0. The Kier molecular flexibility index (Phi) is 5.13. The van der Waals surface area contributed by atoms with Crippen LogP contribution in [0.2, 0.25) is 5.02 Å². The predicted octanol–water partition coefficient (Wildman–Crippen LogP) is 5.98. The fourth-order valence-electron chi connectivity index (χ4n) is 3.37. The first-order chi connectivity index (χ1) is 15.5. The van der Waals surface area contributed by atoms with E-state index in [2.05, 4.69) is 10.3 Å². The fourth-order valence-corrected chi connectivity index (χ4v) is 4.48.